The molecule has 6 atom stereocenters. The van der Waals surface area contributed by atoms with Crippen LogP contribution in [0.5, 0.6) is 5.75 Å². The molecular formula is C17H24N2O9. The zero-order chi connectivity index (χ0) is 21.0. The molecular weight excluding hydrogens is 376 g/mol. The smallest absolute Gasteiger partial charge is 0.323 e. The van der Waals surface area contributed by atoms with Gasteiger partial charge in [-0.05, 0) is 24.1 Å². The number of phenolic OH excluding ortho intramolecular Hbond substituents is 1. The van der Waals surface area contributed by atoms with Crippen LogP contribution in [0, 0.1) is 0 Å². The van der Waals surface area contributed by atoms with Gasteiger partial charge in [0.1, 0.15) is 36.7 Å². The summed E-state index contributed by atoms with van der Waals surface area (Å²) < 4.78 is 4.99. The van der Waals surface area contributed by atoms with Crippen molar-refractivity contribution in [2.75, 3.05) is 13.1 Å². The van der Waals surface area contributed by atoms with E-state index < -0.39 is 61.7 Å². The van der Waals surface area contributed by atoms with Gasteiger partial charge in [-0.3, -0.25) is 9.59 Å². The second-order valence-corrected chi connectivity index (χ2v) is 6.63. The number of rotatable bonds is 7. The zero-order valence-corrected chi connectivity index (χ0v) is 14.8. The van der Waals surface area contributed by atoms with E-state index in [1.54, 1.807) is 12.1 Å². The van der Waals surface area contributed by atoms with E-state index in [1.807, 2.05) is 0 Å². The molecule has 11 nitrogen and oxygen atoms in total. The first kappa shape index (κ1) is 22.0. The van der Waals surface area contributed by atoms with Gasteiger partial charge >= 0.3 is 5.97 Å². The topological polar surface area (TPSA) is 194 Å². The third-order valence-corrected chi connectivity index (χ3v) is 4.43. The lowest BCUT2D eigenvalue weighted by Gasteiger charge is -2.40. The summed E-state index contributed by atoms with van der Waals surface area (Å²) in [5.74, 6) is -2.04. The lowest BCUT2D eigenvalue weighted by molar-refractivity contribution is -0.283. The van der Waals surface area contributed by atoms with Gasteiger partial charge in [0.05, 0.1) is 12.6 Å². The van der Waals surface area contributed by atoms with Crippen LogP contribution in [0.1, 0.15) is 5.56 Å². The Morgan fingerprint density at radius 1 is 1.07 bits per heavy atom. The molecule has 0 saturated carbocycles. The van der Waals surface area contributed by atoms with E-state index in [4.69, 9.17) is 15.6 Å². The SMILES string of the molecule is N[C@@H](Cc1ccc(O)cc1)C(=O)N(CC(=O)O)C[C@H]1O[C@H](O)[C@H](O)[C@@H](O)[C@H]1O. The van der Waals surface area contributed by atoms with Crippen LogP contribution in [-0.4, -0.2) is 97.3 Å². The number of phenols is 1. The summed E-state index contributed by atoms with van der Waals surface area (Å²) in [5.41, 5.74) is 6.53. The number of aliphatic hydroxyl groups is 4. The number of carboxylic acid groups (broad SMARTS) is 1. The number of benzene rings is 1. The van der Waals surface area contributed by atoms with Gasteiger partial charge in [-0.2, -0.15) is 0 Å². The molecule has 1 saturated heterocycles. The number of hydrogen-bond donors (Lipinski definition) is 7. The fourth-order valence-corrected chi connectivity index (χ4v) is 2.90. The van der Waals surface area contributed by atoms with Crippen LogP contribution in [0.15, 0.2) is 24.3 Å². The third-order valence-electron chi connectivity index (χ3n) is 4.43. The van der Waals surface area contributed by atoms with E-state index in [0.717, 1.165) is 4.90 Å². The predicted molar refractivity (Wildman–Crippen MR) is 92.9 cm³/mol. The standard InChI is InChI=1S/C17H24N2O9/c18-10(5-8-1-3-9(20)4-2-8)16(26)19(7-12(21)22)6-11-13(23)14(24)15(25)17(27)28-11/h1-4,10-11,13-15,17,20,23-25,27H,5-7,18H2,(H,21,22)/t10-,11+,13-,14-,15+,17-/m0/s1. The molecule has 1 aliphatic heterocycles. The highest BCUT2D eigenvalue weighted by Crippen LogP contribution is 2.21. The van der Waals surface area contributed by atoms with Crippen LogP contribution >= 0.6 is 0 Å². The number of aliphatic hydroxyl groups excluding tert-OH is 4. The van der Waals surface area contributed by atoms with Crippen molar-refractivity contribution in [2.45, 2.75) is 43.2 Å². The fraction of sp³-hybridized carbons (Fsp3) is 0.529. The van der Waals surface area contributed by atoms with Gasteiger partial charge in [-0.25, -0.2) is 0 Å². The summed E-state index contributed by atoms with van der Waals surface area (Å²) >= 11 is 0. The average Bonchev–Trinajstić information content (AvgIpc) is 2.64. The van der Waals surface area contributed by atoms with Gasteiger partial charge in [-0.1, -0.05) is 12.1 Å². The molecule has 1 aliphatic rings. The number of carbonyl (C=O) groups excluding carboxylic acids is 1. The Morgan fingerprint density at radius 3 is 2.25 bits per heavy atom. The Morgan fingerprint density at radius 2 is 1.68 bits per heavy atom. The Balaban J connectivity index is 2.10. The minimum absolute atomic E-state index is 0.0406. The highest BCUT2D eigenvalue weighted by atomic mass is 16.6. The van der Waals surface area contributed by atoms with Gasteiger partial charge in [0.25, 0.3) is 0 Å². The first-order chi connectivity index (χ1) is 13.1. The molecule has 0 radical (unpaired) electrons. The Bertz CT molecular complexity index is 684. The van der Waals surface area contributed by atoms with Crippen LogP contribution in [0.25, 0.3) is 0 Å². The van der Waals surface area contributed by atoms with Crippen LogP contribution in [0.3, 0.4) is 0 Å². The number of aliphatic carboxylic acids is 1. The monoisotopic (exact) mass is 400 g/mol. The normalized spacial score (nSPS) is 28.5. The van der Waals surface area contributed by atoms with Crippen molar-refractivity contribution in [1.29, 1.82) is 0 Å². The van der Waals surface area contributed by atoms with Crippen LogP contribution in [-0.2, 0) is 20.7 Å². The maximum atomic E-state index is 12.6. The molecule has 1 heterocycles. The highest BCUT2D eigenvalue weighted by Gasteiger charge is 2.44. The first-order valence-corrected chi connectivity index (χ1v) is 8.52. The molecule has 0 unspecified atom stereocenters. The van der Waals surface area contributed by atoms with Crippen molar-refractivity contribution in [3.05, 3.63) is 29.8 Å². The number of ether oxygens (including phenoxy) is 1. The zero-order valence-electron chi connectivity index (χ0n) is 14.8. The van der Waals surface area contributed by atoms with Crippen molar-refractivity contribution in [3.63, 3.8) is 0 Å². The van der Waals surface area contributed by atoms with E-state index >= 15 is 0 Å². The molecule has 156 valence electrons. The molecule has 8 N–H and O–H groups in total. The third kappa shape index (κ3) is 5.38. The Kier molecular flexibility index (Phi) is 7.29. The molecule has 0 aromatic heterocycles. The van der Waals surface area contributed by atoms with Gasteiger partial charge in [0.15, 0.2) is 6.29 Å². The molecule has 0 aliphatic carbocycles. The minimum Gasteiger partial charge on any atom is -0.508 e. The molecule has 0 spiro atoms. The number of nitrogens with two attached hydrogens (primary N) is 1. The van der Waals surface area contributed by atoms with E-state index in [-0.39, 0.29) is 12.2 Å². The van der Waals surface area contributed by atoms with E-state index in [9.17, 15) is 35.1 Å². The number of nitrogens with zero attached hydrogens (tertiary/aromatic N) is 1. The van der Waals surface area contributed by atoms with Crippen molar-refractivity contribution in [1.82, 2.24) is 4.90 Å². The summed E-state index contributed by atoms with van der Waals surface area (Å²) in [7, 11) is 0. The summed E-state index contributed by atoms with van der Waals surface area (Å²) in [6.07, 6.45) is -8.22. The van der Waals surface area contributed by atoms with E-state index in [0.29, 0.717) is 5.56 Å². The molecule has 1 aromatic carbocycles. The first-order valence-electron chi connectivity index (χ1n) is 8.52. The van der Waals surface area contributed by atoms with Gasteiger partial charge < -0.3 is 46.0 Å². The lowest BCUT2D eigenvalue weighted by Crippen LogP contribution is -2.61. The Labute approximate surface area is 160 Å². The van der Waals surface area contributed by atoms with Crippen molar-refractivity contribution >= 4 is 11.9 Å². The molecule has 2 rings (SSSR count). The maximum Gasteiger partial charge on any atom is 0.323 e. The fourth-order valence-electron chi connectivity index (χ4n) is 2.90. The van der Waals surface area contributed by atoms with Crippen LogP contribution in [0.4, 0.5) is 0 Å². The summed E-state index contributed by atoms with van der Waals surface area (Å²) in [5, 5.41) is 57.2. The number of aromatic hydroxyl groups is 1. The van der Waals surface area contributed by atoms with Gasteiger partial charge in [0, 0.05) is 0 Å². The molecule has 1 fully saturated rings. The molecule has 11 heteroatoms. The number of carbonyl (C=O) groups is 2. The lowest BCUT2D eigenvalue weighted by atomic mass is 9.98. The molecule has 1 amide bonds. The second kappa shape index (κ2) is 9.28. The largest absolute Gasteiger partial charge is 0.508 e. The average molecular weight is 400 g/mol. The van der Waals surface area contributed by atoms with Gasteiger partial charge in [0.2, 0.25) is 5.91 Å². The minimum atomic E-state index is -1.81. The quantitative estimate of drug-likeness (QED) is 0.247. The summed E-state index contributed by atoms with van der Waals surface area (Å²) in [6, 6.07) is 4.84. The van der Waals surface area contributed by atoms with E-state index in [2.05, 4.69) is 0 Å². The second-order valence-electron chi connectivity index (χ2n) is 6.63. The molecule has 1 aromatic rings. The van der Waals surface area contributed by atoms with Gasteiger partial charge in [-0.15, -0.1) is 0 Å². The highest BCUT2D eigenvalue weighted by molar-refractivity contribution is 5.85. The predicted octanol–water partition coefficient (Wildman–Crippen LogP) is -3.02. The number of carboxylic acids is 1. The summed E-state index contributed by atoms with van der Waals surface area (Å²) in [4.78, 5) is 24.6. The maximum absolute atomic E-state index is 12.6. The summed E-state index contributed by atoms with van der Waals surface area (Å²) in [6.45, 7) is -1.22. The van der Waals surface area contributed by atoms with Crippen LogP contribution < -0.4 is 5.73 Å². The number of amides is 1. The van der Waals surface area contributed by atoms with Crippen molar-refractivity contribution in [2.24, 2.45) is 5.73 Å². The van der Waals surface area contributed by atoms with Crippen molar-refractivity contribution in [3.8, 4) is 5.75 Å². The Hall–Kier alpha value is -2.28. The van der Waals surface area contributed by atoms with Crippen LogP contribution in [0.2, 0.25) is 0 Å². The molecule has 28 heavy (non-hydrogen) atoms. The van der Waals surface area contributed by atoms with Crippen molar-refractivity contribution < 1.29 is 45.0 Å². The number of hydrogen-bond acceptors (Lipinski definition) is 9. The molecule has 0 bridgehead atoms. The van der Waals surface area contributed by atoms with E-state index in [1.165, 1.54) is 12.1 Å².